The van der Waals surface area contributed by atoms with E-state index in [1.165, 1.54) is 18.2 Å². The van der Waals surface area contributed by atoms with E-state index in [4.69, 9.17) is 16.1 Å². The van der Waals surface area contributed by atoms with Gasteiger partial charge in [0, 0.05) is 5.56 Å². The maximum absolute atomic E-state index is 9.76. The molecular formula is C14H9ClN2O3. The van der Waals surface area contributed by atoms with E-state index in [1.807, 2.05) is 6.07 Å². The molecule has 0 unspecified atom stereocenters. The van der Waals surface area contributed by atoms with Gasteiger partial charge in [-0.05, 0) is 30.3 Å². The van der Waals surface area contributed by atoms with Crippen LogP contribution in [0.3, 0.4) is 0 Å². The van der Waals surface area contributed by atoms with Gasteiger partial charge in [-0.3, -0.25) is 0 Å². The van der Waals surface area contributed by atoms with E-state index in [2.05, 4.69) is 10.1 Å². The van der Waals surface area contributed by atoms with Crippen molar-refractivity contribution in [3.05, 3.63) is 47.5 Å². The van der Waals surface area contributed by atoms with Crippen molar-refractivity contribution in [2.45, 2.75) is 0 Å². The van der Waals surface area contributed by atoms with Crippen LogP contribution in [0.2, 0.25) is 5.02 Å². The van der Waals surface area contributed by atoms with Crippen molar-refractivity contribution in [1.82, 2.24) is 10.1 Å². The van der Waals surface area contributed by atoms with Crippen LogP contribution in [0.5, 0.6) is 11.5 Å². The zero-order valence-electron chi connectivity index (χ0n) is 10.1. The molecule has 20 heavy (non-hydrogen) atoms. The minimum atomic E-state index is -0.0582. The van der Waals surface area contributed by atoms with Gasteiger partial charge in [0.2, 0.25) is 5.82 Å². The second-order valence-electron chi connectivity index (χ2n) is 4.10. The number of phenols is 2. The fourth-order valence-electron chi connectivity index (χ4n) is 1.78. The van der Waals surface area contributed by atoms with Crippen molar-refractivity contribution in [3.8, 4) is 34.3 Å². The highest BCUT2D eigenvalue weighted by Crippen LogP contribution is 2.33. The summed E-state index contributed by atoms with van der Waals surface area (Å²) in [5.74, 6) is 0.356. The van der Waals surface area contributed by atoms with Crippen LogP contribution >= 0.6 is 11.6 Å². The molecule has 100 valence electrons. The van der Waals surface area contributed by atoms with E-state index in [9.17, 15) is 10.2 Å². The monoisotopic (exact) mass is 288 g/mol. The van der Waals surface area contributed by atoms with Gasteiger partial charge in [0.05, 0.1) is 10.6 Å². The van der Waals surface area contributed by atoms with E-state index in [1.54, 1.807) is 18.2 Å². The normalized spacial score (nSPS) is 10.7. The highest BCUT2D eigenvalue weighted by atomic mass is 35.5. The van der Waals surface area contributed by atoms with Crippen molar-refractivity contribution >= 4 is 11.6 Å². The molecule has 5 nitrogen and oxygen atoms in total. The largest absolute Gasteiger partial charge is 0.508 e. The first-order valence-electron chi connectivity index (χ1n) is 5.76. The standard InChI is InChI=1S/C14H9ClN2O3/c15-11-4-2-1-3-9(11)13-16-14(20-17-13)10-7-8(18)5-6-12(10)19/h1-7,18-19H. The second-order valence-corrected chi connectivity index (χ2v) is 4.51. The summed E-state index contributed by atoms with van der Waals surface area (Å²) in [6.45, 7) is 0. The van der Waals surface area contributed by atoms with Crippen LogP contribution < -0.4 is 0 Å². The Morgan fingerprint density at radius 3 is 2.60 bits per heavy atom. The maximum atomic E-state index is 9.76. The number of phenolic OH excluding ortho intramolecular Hbond substituents is 2. The van der Waals surface area contributed by atoms with Crippen LogP contribution in [0.25, 0.3) is 22.8 Å². The molecule has 6 heteroatoms. The Kier molecular flexibility index (Phi) is 3.04. The lowest BCUT2D eigenvalue weighted by molar-refractivity contribution is 0.423. The van der Waals surface area contributed by atoms with Gasteiger partial charge in [0.25, 0.3) is 5.89 Å². The lowest BCUT2D eigenvalue weighted by Gasteiger charge is -1.99. The maximum Gasteiger partial charge on any atom is 0.262 e. The van der Waals surface area contributed by atoms with Gasteiger partial charge in [0.1, 0.15) is 11.5 Å². The molecule has 1 heterocycles. The summed E-state index contributed by atoms with van der Waals surface area (Å²) in [7, 11) is 0. The minimum absolute atomic E-state index is 0.00436. The predicted molar refractivity (Wildman–Crippen MR) is 73.5 cm³/mol. The van der Waals surface area contributed by atoms with Crippen LogP contribution in [-0.4, -0.2) is 20.4 Å². The number of hydrogen-bond donors (Lipinski definition) is 2. The van der Waals surface area contributed by atoms with Crippen LogP contribution in [0.15, 0.2) is 47.0 Å². The summed E-state index contributed by atoms with van der Waals surface area (Å²) in [6.07, 6.45) is 0. The molecule has 0 amide bonds. The van der Waals surface area contributed by atoms with Crippen molar-refractivity contribution < 1.29 is 14.7 Å². The molecule has 0 aliphatic carbocycles. The predicted octanol–water partition coefficient (Wildman–Crippen LogP) is 3.47. The first-order chi connectivity index (χ1) is 9.65. The van der Waals surface area contributed by atoms with Crippen LogP contribution in [0, 0.1) is 0 Å². The average molecular weight is 289 g/mol. The molecule has 0 bridgehead atoms. The molecule has 0 atom stereocenters. The number of aromatic hydroxyl groups is 2. The molecule has 2 aromatic carbocycles. The Hall–Kier alpha value is -2.53. The number of hydrogen-bond acceptors (Lipinski definition) is 5. The number of rotatable bonds is 2. The zero-order chi connectivity index (χ0) is 14.1. The molecule has 1 aromatic heterocycles. The summed E-state index contributed by atoms with van der Waals surface area (Å²) in [4.78, 5) is 4.18. The third kappa shape index (κ3) is 2.19. The summed E-state index contributed by atoms with van der Waals surface area (Å²) in [5.41, 5.74) is 0.889. The van der Waals surface area contributed by atoms with E-state index < -0.39 is 0 Å². The Morgan fingerprint density at radius 2 is 1.80 bits per heavy atom. The summed E-state index contributed by atoms with van der Waals surface area (Å²) < 4.78 is 5.11. The second kappa shape index (κ2) is 4.86. The number of aromatic nitrogens is 2. The average Bonchev–Trinajstić information content (AvgIpc) is 2.91. The lowest BCUT2D eigenvalue weighted by Crippen LogP contribution is -1.83. The van der Waals surface area contributed by atoms with Gasteiger partial charge in [-0.25, -0.2) is 0 Å². The third-order valence-corrected chi connectivity index (χ3v) is 3.08. The quantitative estimate of drug-likeness (QED) is 0.706. The Labute approximate surface area is 119 Å². The van der Waals surface area contributed by atoms with E-state index in [-0.39, 0.29) is 23.0 Å². The highest BCUT2D eigenvalue weighted by Gasteiger charge is 2.16. The first kappa shape index (κ1) is 12.5. The number of halogens is 1. The zero-order valence-corrected chi connectivity index (χ0v) is 10.9. The molecule has 2 N–H and O–H groups in total. The summed E-state index contributed by atoms with van der Waals surface area (Å²) in [6, 6.07) is 11.2. The molecule has 0 saturated carbocycles. The molecule has 3 aromatic rings. The molecule has 0 aliphatic rings. The first-order valence-corrected chi connectivity index (χ1v) is 6.14. The van der Waals surface area contributed by atoms with Gasteiger partial charge < -0.3 is 14.7 Å². The van der Waals surface area contributed by atoms with Crippen LogP contribution in [0.1, 0.15) is 0 Å². The summed E-state index contributed by atoms with van der Waals surface area (Å²) in [5, 5.41) is 23.5. The Morgan fingerprint density at radius 1 is 1.00 bits per heavy atom. The van der Waals surface area contributed by atoms with Crippen LogP contribution in [0.4, 0.5) is 0 Å². The summed E-state index contributed by atoms with van der Waals surface area (Å²) >= 11 is 6.06. The molecule has 3 rings (SSSR count). The topological polar surface area (TPSA) is 79.4 Å². The van der Waals surface area contributed by atoms with Crippen LogP contribution in [-0.2, 0) is 0 Å². The van der Waals surface area contributed by atoms with E-state index >= 15 is 0 Å². The molecule has 0 radical (unpaired) electrons. The van der Waals surface area contributed by atoms with Gasteiger partial charge >= 0.3 is 0 Å². The lowest BCUT2D eigenvalue weighted by atomic mass is 10.2. The van der Waals surface area contributed by atoms with Crippen molar-refractivity contribution in [1.29, 1.82) is 0 Å². The molecule has 0 fully saturated rings. The molecule has 0 saturated heterocycles. The Bertz CT molecular complexity index is 771. The van der Waals surface area contributed by atoms with Gasteiger partial charge in [-0.2, -0.15) is 4.98 Å². The minimum Gasteiger partial charge on any atom is -0.508 e. The number of nitrogens with zero attached hydrogens (tertiary/aromatic N) is 2. The molecule has 0 aliphatic heterocycles. The molecule has 0 spiro atoms. The van der Waals surface area contributed by atoms with E-state index in [0.29, 0.717) is 16.4 Å². The van der Waals surface area contributed by atoms with E-state index in [0.717, 1.165) is 0 Å². The molecular weight excluding hydrogens is 280 g/mol. The third-order valence-electron chi connectivity index (χ3n) is 2.75. The smallest absolute Gasteiger partial charge is 0.262 e. The van der Waals surface area contributed by atoms with Crippen molar-refractivity contribution in [3.63, 3.8) is 0 Å². The SMILES string of the molecule is Oc1ccc(O)c(-c2nc(-c3ccccc3Cl)no2)c1. The number of benzene rings is 2. The van der Waals surface area contributed by atoms with Crippen molar-refractivity contribution in [2.75, 3.05) is 0 Å². The van der Waals surface area contributed by atoms with Gasteiger partial charge in [-0.15, -0.1) is 0 Å². The van der Waals surface area contributed by atoms with Crippen molar-refractivity contribution in [2.24, 2.45) is 0 Å². The Balaban J connectivity index is 2.07. The fourth-order valence-corrected chi connectivity index (χ4v) is 2.00. The highest BCUT2D eigenvalue weighted by molar-refractivity contribution is 6.33. The van der Waals surface area contributed by atoms with Gasteiger partial charge in [-0.1, -0.05) is 28.9 Å². The van der Waals surface area contributed by atoms with Gasteiger partial charge in [0.15, 0.2) is 0 Å². The fraction of sp³-hybridized carbons (Fsp3) is 0.